The van der Waals surface area contributed by atoms with Crippen LogP contribution in [0.4, 0.5) is 0 Å². The van der Waals surface area contributed by atoms with Crippen molar-refractivity contribution < 1.29 is 4.79 Å². The molecule has 1 aromatic heterocycles. The zero-order valence-electron chi connectivity index (χ0n) is 8.10. The lowest BCUT2D eigenvalue weighted by atomic mass is 10.3. The zero-order valence-corrected chi connectivity index (χ0v) is 11.2. The number of amides is 1. The standard InChI is InChI=1S/C9H10Cl3NOS/c1-2-13(4-3-10)9(14)6-5-7(11)15-8(6)12/h5H,2-4H2,1H3. The van der Waals surface area contributed by atoms with Gasteiger partial charge in [0.25, 0.3) is 5.91 Å². The number of rotatable bonds is 4. The summed E-state index contributed by atoms with van der Waals surface area (Å²) in [4.78, 5) is 13.6. The van der Waals surface area contributed by atoms with E-state index in [1.807, 2.05) is 6.92 Å². The van der Waals surface area contributed by atoms with E-state index in [1.165, 1.54) is 11.3 Å². The van der Waals surface area contributed by atoms with Crippen molar-refractivity contribution in [2.75, 3.05) is 19.0 Å². The van der Waals surface area contributed by atoms with Crippen LogP contribution in [0, 0.1) is 0 Å². The molecule has 0 spiro atoms. The molecule has 0 aromatic carbocycles. The number of carbonyl (C=O) groups is 1. The van der Waals surface area contributed by atoms with E-state index in [9.17, 15) is 4.79 Å². The van der Waals surface area contributed by atoms with Gasteiger partial charge in [0.2, 0.25) is 0 Å². The number of hydrogen-bond donors (Lipinski definition) is 0. The minimum absolute atomic E-state index is 0.119. The molecule has 15 heavy (non-hydrogen) atoms. The monoisotopic (exact) mass is 285 g/mol. The zero-order chi connectivity index (χ0) is 11.4. The smallest absolute Gasteiger partial charge is 0.256 e. The summed E-state index contributed by atoms with van der Waals surface area (Å²) < 4.78 is 0.947. The molecule has 0 N–H and O–H groups in total. The fourth-order valence-electron chi connectivity index (χ4n) is 1.16. The topological polar surface area (TPSA) is 20.3 Å². The molecule has 0 bridgehead atoms. The molecule has 0 atom stereocenters. The van der Waals surface area contributed by atoms with Crippen LogP contribution in [0.3, 0.4) is 0 Å². The van der Waals surface area contributed by atoms with Crippen LogP contribution in [0.5, 0.6) is 0 Å². The largest absolute Gasteiger partial charge is 0.338 e. The first-order valence-electron chi connectivity index (χ1n) is 4.40. The second kappa shape index (κ2) is 5.94. The third kappa shape index (κ3) is 3.25. The van der Waals surface area contributed by atoms with Gasteiger partial charge in [0, 0.05) is 19.0 Å². The molecule has 1 aromatic rings. The number of hydrogen-bond acceptors (Lipinski definition) is 2. The first-order chi connectivity index (χ1) is 7.10. The average Bonchev–Trinajstić information content (AvgIpc) is 2.53. The molecule has 84 valence electrons. The Hall–Kier alpha value is 0.0400. The summed E-state index contributed by atoms with van der Waals surface area (Å²) in [6.07, 6.45) is 0. The molecule has 0 unspecified atom stereocenters. The number of nitrogens with zero attached hydrogens (tertiary/aromatic N) is 1. The Labute approximate surface area is 108 Å². The number of halogens is 3. The summed E-state index contributed by atoms with van der Waals surface area (Å²) in [6.45, 7) is 3.02. The van der Waals surface area contributed by atoms with E-state index >= 15 is 0 Å². The van der Waals surface area contributed by atoms with Crippen LogP contribution < -0.4 is 0 Å². The summed E-state index contributed by atoms with van der Waals surface area (Å²) in [7, 11) is 0. The van der Waals surface area contributed by atoms with Gasteiger partial charge in [0.1, 0.15) is 4.34 Å². The summed E-state index contributed by atoms with van der Waals surface area (Å²) in [5, 5.41) is 0. The summed E-state index contributed by atoms with van der Waals surface area (Å²) >= 11 is 18.5. The molecule has 1 heterocycles. The minimum atomic E-state index is -0.119. The summed E-state index contributed by atoms with van der Waals surface area (Å²) in [6, 6.07) is 1.59. The van der Waals surface area contributed by atoms with Crippen molar-refractivity contribution in [2.45, 2.75) is 6.92 Å². The van der Waals surface area contributed by atoms with E-state index in [0.717, 1.165) is 0 Å². The van der Waals surface area contributed by atoms with Crippen LogP contribution >= 0.6 is 46.1 Å². The van der Waals surface area contributed by atoms with Gasteiger partial charge in [-0.2, -0.15) is 0 Å². The van der Waals surface area contributed by atoms with Crippen molar-refractivity contribution in [1.29, 1.82) is 0 Å². The predicted octanol–water partition coefficient (Wildman–Crippen LogP) is 3.76. The third-order valence-corrected chi connectivity index (χ3v) is 3.57. The Bertz CT molecular complexity index is 353. The van der Waals surface area contributed by atoms with Gasteiger partial charge in [-0.05, 0) is 13.0 Å². The molecule has 6 heteroatoms. The van der Waals surface area contributed by atoms with Crippen LogP contribution in [0.25, 0.3) is 0 Å². The quantitative estimate of drug-likeness (QED) is 0.772. The molecule has 0 saturated carbocycles. The Morgan fingerprint density at radius 2 is 2.20 bits per heavy atom. The second-order valence-electron chi connectivity index (χ2n) is 2.81. The normalized spacial score (nSPS) is 10.4. The lowest BCUT2D eigenvalue weighted by Gasteiger charge is -2.18. The highest BCUT2D eigenvalue weighted by Gasteiger charge is 2.19. The molecular weight excluding hydrogens is 277 g/mol. The van der Waals surface area contributed by atoms with Gasteiger partial charge in [0.05, 0.1) is 9.90 Å². The van der Waals surface area contributed by atoms with Crippen LogP contribution in [0.2, 0.25) is 8.67 Å². The first-order valence-corrected chi connectivity index (χ1v) is 6.51. The number of carbonyl (C=O) groups excluding carboxylic acids is 1. The second-order valence-corrected chi connectivity index (χ2v) is 5.48. The van der Waals surface area contributed by atoms with Crippen LogP contribution in [0.15, 0.2) is 6.07 Å². The molecule has 0 aliphatic heterocycles. The third-order valence-electron chi connectivity index (χ3n) is 1.91. The molecule has 1 rings (SSSR count). The van der Waals surface area contributed by atoms with Crippen molar-refractivity contribution in [3.05, 3.63) is 20.3 Å². The van der Waals surface area contributed by atoms with Crippen molar-refractivity contribution in [1.82, 2.24) is 4.90 Å². The van der Waals surface area contributed by atoms with Crippen molar-refractivity contribution in [2.24, 2.45) is 0 Å². The minimum Gasteiger partial charge on any atom is -0.338 e. The first kappa shape index (κ1) is 13.1. The lowest BCUT2D eigenvalue weighted by molar-refractivity contribution is 0.0775. The molecule has 0 aliphatic rings. The fourth-order valence-corrected chi connectivity index (χ4v) is 2.81. The van der Waals surface area contributed by atoms with E-state index in [2.05, 4.69) is 0 Å². The number of alkyl halides is 1. The maximum absolute atomic E-state index is 11.9. The average molecular weight is 287 g/mol. The van der Waals surface area contributed by atoms with E-state index in [-0.39, 0.29) is 5.91 Å². The summed E-state index contributed by atoms with van der Waals surface area (Å²) in [5.41, 5.74) is 0.457. The molecule has 0 aliphatic carbocycles. The molecule has 0 fully saturated rings. The van der Waals surface area contributed by atoms with E-state index < -0.39 is 0 Å². The molecule has 0 saturated heterocycles. The SMILES string of the molecule is CCN(CCCl)C(=O)c1cc(Cl)sc1Cl. The van der Waals surface area contributed by atoms with Gasteiger partial charge in [-0.1, -0.05) is 23.2 Å². The van der Waals surface area contributed by atoms with Gasteiger partial charge < -0.3 is 4.90 Å². The molecular formula is C9H10Cl3NOS. The van der Waals surface area contributed by atoms with Gasteiger partial charge >= 0.3 is 0 Å². The van der Waals surface area contributed by atoms with Crippen LogP contribution in [0.1, 0.15) is 17.3 Å². The van der Waals surface area contributed by atoms with Gasteiger partial charge in [0.15, 0.2) is 0 Å². The van der Waals surface area contributed by atoms with E-state index in [0.29, 0.717) is 33.2 Å². The van der Waals surface area contributed by atoms with Crippen LogP contribution in [-0.2, 0) is 0 Å². The van der Waals surface area contributed by atoms with E-state index in [4.69, 9.17) is 34.8 Å². The van der Waals surface area contributed by atoms with Crippen molar-refractivity contribution >= 4 is 52.0 Å². The maximum Gasteiger partial charge on any atom is 0.256 e. The maximum atomic E-state index is 11.9. The van der Waals surface area contributed by atoms with Gasteiger partial charge in [-0.3, -0.25) is 4.79 Å². The predicted molar refractivity (Wildman–Crippen MR) is 66.6 cm³/mol. The van der Waals surface area contributed by atoms with Crippen LogP contribution in [-0.4, -0.2) is 29.8 Å². The highest BCUT2D eigenvalue weighted by atomic mass is 35.5. The van der Waals surface area contributed by atoms with Crippen molar-refractivity contribution in [3.63, 3.8) is 0 Å². The van der Waals surface area contributed by atoms with Crippen molar-refractivity contribution in [3.8, 4) is 0 Å². The highest BCUT2D eigenvalue weighted by molar-refractivity contribution is 7.20. The molecule has 2 nitrogen and oxygen atoms in total. The lowest BCUT2D eigenvalue weighted by Crippen LogP contribution is -2.32. The van der Waals surface area contributed by atoms with Gasteiger partial charge in [-0.25, -0.2) is 0 Å². The Kier molecular flexibility index (Phi) is 5.19. The van der Waals surface area contributed by atoms with Gasteiger partial charge in [-0.15, -0.1) is 22.9 Å². The Balaban J connectivity index is 2.87. The highest BCUT2D eigenvalue weighted by Crippen LogP contribution is 2.31. The Morgan fingerprint density at radius 1 is 1.53 bits per heavy atom. The van der Waals surface area contributed by atoms with E-state index in [1.54, 1.807) is 11.0 Å². The molecule has 0 radical (unpaired) electrons. The Morgan fingerprint density at radius 3 is 2.60 bits per heavy atom. The molecule has 1 amide bonds. The number of thiophene rings is 1. The fraction of sp³-hybridized carbons (Fsp3) is 0.444. The summed E-state index contributed by atoms with van der Waals surface area (Å²) in [5.74, 6) is 0.293.